The molecular formula is C14H21BrN4O. The molecule has 0 bridgehead atoms. The van der Waals surface area contributed by atoms with Gasteiger partial charge >= 0.3 is 0 Å². The predicted molar refractivity (Wildman–Crippen MR) is 83.7 cm³/mol. The summed E-state index contributed by atoms with van der Waals surface area (Å²) in [5.41, 5.74) is 6.39. The molecule has 0 radical (unpaired) electrons. The average molecular weight is 341 g/mol. The van der Waals surface area contributed by atoms with Crippen molar-refractivity contribution in [3.05, 3.63) is 22.3 Å². The molecular weight excluding hydrogens is 320 g/mol. The first-order valence-corrected chi connectivity index (χ1v) is 7.77. The van der Waals surface area contributed by atoms with Crippen LogP contribution in [0.1, 0.15) is 18.5 Å². The first-order valence-electron chi connectivity index (χ1n) is 6.97. The maximum Gasteiger partial charge on any atom is 0.224 e. The molecule has 1 atom stereocenters. The molecule has 1 aliphatic rings. The number of aromatic nitrogens is 1. The van der Waals surface area contributed by atoms with E-state index < -0.39 is 0 Å². The number of carbonyl (C=O) groups is 1. The van der Waals surface area contributed by atoms with Crippen LogP contribution >= 0.6 is 15.9 Å². The molecule has 2 rings (SSSR count). The summed E-state index contributed by atoms with van der Waals surface area (Å²) in [5.74, 6) is 1.08. The van der Waals surface area contributed by atoms with Crippen molar-refractivity contribution in [2.75, 3.05) is 31.1 Å². The van der Waals surface area contributed by atoms with Gasteiger partial charge in [-0.2, -0.15) is 0 Å². The van der Waals surface area contributed by atoms with Crippen molar-refractivity contribution < 1.29 is 4.79 Å². The maximum atomic E-state index is 12.0. The summed E-state index contributed by atoms with van der Waals surface area (Å²) in [7, 11) is 0. The van der Waals surface area contributed by atoms with Crippen LogP contribution in [0.25, 0.3) is 0 Å². The van der Waals surface area contributed by atoms with Gasteiger partial charge in [0.2, 0.25) is 5.91 Å². The van der Waals surface area contributed by atoms with Gasteiger partial charge in [0.1, 0.15) is 5.82 Å². The van der Waals surface area contributed by atoms with Gasteiger partial charge < -0.3 is 16.0 Å². The highest BCUT2D eigenvalue weighted by Gasteiger charge is 2.26. The molecule has 1 amide bonds. The molecule has 1 aromatic rings. The minimum Gasteiger partial charge on any atom is -0.356 e. The van der Waals surface area contributed by atoms with Crippen LogP contribution in [0.5, 0.6) is 0 Å². The lowest BCUT2D eigenvalue weighted by atomic mass is 9.97. The second-order valence-corrected chi connectivity index (χ2v) is 5.96. The highest BCUT2D eigenvalue weighted by Crippen LogP contribution is 2.24. The number of hydrogen-bond acceptors (Lipinski definition) is 4. The van der Waals surface area contributed by atoms with Gasteiger partial charge in [0.05, 0.1) is 11.6 Å². The molecule has 1 aromatic heterocycles. The van der Waals surface area contributed by atoms with E-state index in [-0.39, 0.29) is 11.8 Å². The number of anilines is 1. The number of rotatable bonds is 4. The third kappa shape index (κ3) is 3.70. The number of pyridine rings is 1. The lowest BCUT2D eigenvalue weighted by Crippen LogP contribution is -2.44. The van der Waals surface area contributed by atoms with E-state index in [0.717, 1.165) is 41.9 Å². The van der Waals surface area contributed by atoms with Crippen molar-refractivity contribution in [2.24, 2.45) is 11.7 Å². The number of hydrogen-bond donors (Lipinski definition) is 2. The van der Waals surface area contributed by atoms with Gasteiger partial charge in [0, 0.05) is 30.7 Å². The van der Waals surface area contributed by atoms with Crippen LogP contribution in [0, 0.1) is 12.8 Å². The first-order chi connectivity index (χ1) is 9.61. The molecule has 110 valence electrons. The van der Waals surface area contributed by atoms with Crippen molar-refractivity contribution >= 4 is 27.7 Å². The Bertz CT molecular complexity index is 480. The van der Waals surface area contributed by atoms with Gasteiger partial charge in [0.15, 0.2) is 0 Å². The Morgan fingerprint density at radius 3 is 3.10 bits per heavy atom. The molecule has 0 spiro atoms. The second kappa shape index (κ2) is 7.04. The fraction of sp³-hybridized carbons (Fsp3) is 0.571. The number of aryl methyl sites for hydroxylation is 1. The maximum absolute atomic E-state index is 12.0. The SMILES string of the molecule is Cc1nc(N2CCCC(C(=O)NCCN)C2)ccc1Br. The second-order valence-electron chi connectivity index (χ2n) is 5.10. The summed E-state index contributed by atoms with van der Waals surface area (Å²) < 4.78 is 1.01. The van der Waals surface area contributed by atoms with Gasteiger partial charge in [-0.15, -0.1) is 0 Å². The van der Waals surface area contributed by atoms with Crippen LogP contribution in [0.4, 0.5) is 5.82 Å². The zero-order chi connectivity index (χ0) is 14.5. The predicted octanol–water partition coefficient (Wildman–Crippen LogP) is 1.44. The van der Waals surface area contributed by atoms with Crippen LogP contribution in [0.3, 0.4) is 0 Å². The smallest absolute Gasteiger partial charge is 0.224 e. The zero-order valence-corrected chi connectivity index (χ0v) is 13.3. The number of nitrogens with one attached hydrogen (secondary N) is 1. The molecule has 0 aliphatic carbocycles. The minimum absolute atomic E-state index is 0.0288. The van der Waals surface area contributed by atoms with E-state index in [1.165, 1.54) is 0 Å². The third-order valence-electron chi connectivity index (χ3n) is 3.57. The van der Waals surface area contributed by atoms with Gasteiger partial charge in [-0.05, 0) is 47.8 Å². The Morgan fingerprint density at radius 2 is 2.40 bits per heavy atom. The van der Waals surface area contributed by atoms with E-state index in [2.05, 4.69) is 31.1 Å². The van der Waals surface area contributed by atoms with Crippen molar-refractivity contribution in [1.29, 1.82) is 0 Å². The fourth-order valence-electron chi connectivity index (χ4n) is 2.45. The summed E-state index contributed by atoms with van der Waals surface area (Å²) in [4.78, 5) is 18.8. The number of nitrogens with two attached hydrogens (primary N) is 1. The molecule has 1 fully saturated rings. The van der Waals surface area contributed by atoms with Crippen molar-refractivity contribution in [1.82, 2.24) is 10.3 Å². The number of halogens is 1. The average Bonchev–Trinajstić information content (AvgIpc) is 2.47. The third-order valence-corrected chi connectivity index (χ3v) is 4.40. The van der Waals surface area contributed by atoms with Gasteiger partial charge in [-0.25, -0.2) is 4.98 Å². The summed E-state index contributed by atoms with van der Waals surface area (Å²) >= 11 is 3.46. The van der Waals surface area contributed by atoms with Crippen LogP contribution in [-0.4, -0.2) is 37.1 Å². The monoisotopic (exact) mass is 340 g/mol. The number of piperidine rings is 1. The minimum atomic E-state index is 0.0288. The van der Waals surface area contributed by atoms with Crippen LogP contribution in [0.2, 0.25) is 0 Å². The lowest BCUT2D eigenvalue weighted by Gasteiger charge is -2.33. The van der Waals surface area contributed by atoms with E-state index in [4.69, 9.17) is 5.73 Å². The van der Waals surface area contributed by atoms with Crippen LogP contribution < -0.4 is 16.0 Å². The first kappa shape index (κ1) is 15.3. The zero-order valence-electron chi connectivity index (χ0n) is 11.7. The molecule has 1 aliphatic heterocycles. The van der Waals surface area contributed by atoms with Gasteiger partial charge in [-0.1, -0.05) is 0 Å². The molecule has 1 saturated heterocycles. The van der Waals surface area contributed by atoms with E-state index in [0.29, 0.717) is 13.1 Å². The Balaban J connectivity index is 2.02. The topological polar surface area (TPSA) is 71.2 Å². The summed E-state index contributed by atoms with van der Waals surface area (Å²) in [6.07, 6.45) is 1.94. The standard InChI is InChI=1S/C14H21BrN4O/c1-10-12(15)4-5-13(18-10)19-8-2-3-11(9-19)14(20)17-7-6-16/h4-5,11H,2-3,6-9,16H2,1H3,(H,17,20). The quantitative estimate of drug-likeness (QED) is 0.870. The molecule has 1 unspecified atom stereocenters. The Labute approximate surface area is 128 Å². The summed E-state index contributed by atoms with van der Waals surface area (Å²) in [6, 6.07) is 4.01. The molecule has 0 saturated carbocycles. The largest absolute Gasteiger partial charge is 0.356 e. The van der Waals surface area contributed by atoms with Gasteiger partial charge in [-0.3, -0.25) is 4.79 Å². The molecule has 5 nitrogen and oxygen atoms in total. The normalized spacial score (nSPS) is 18.9. The van der Waals surface area contributed by atoms with Crippen LogP contribution in [-0.2, 0) is 4.79 Å². The van der Waals surface area contributed by atoms with E-state index in [1.807, 2.05) is 19.1 Å². The molecule has 3 N–H and O–H groups in total. The Morgan fingerprint density at radius 1 is 1.60 bits per heavy atom. The highest BCUT2D eigenvalue weighted by atomic mass is 79.9. The van der Waals surface area contributed by atoms with Gasteiger partial charge in [0.25, 0.3) is 0 Å². The number of nitrogens with zero attached hydrogens (tertiary/aromatic N) is 2. The van der Waals surface area contributed by atoms with E-state index >= 15 is 0 Å². The lowest BCUT2D eigenvalue weighted by molar-refractivity contribution is -0.125. The molecule has 6 heteroatoms. The van der Waals surface area contributed by atoms with E-state index in [9.17, 15) is 4.79 Å². The Hall–Kier alpha value is -1.14. The molecule has 2 heterocycles. The molecule has 0 aromatic carbocycles. The van der Waals surface area contributed by atoms with Crippen molar-refractivity contribution in [3.8, 4) is 0 Å². The highest BCUT2D eigenvalue weighted by molar-refractivity contribution is 9.10. The van der Waals surface area contributed by atoms with Crippen molar-refractivity contribution in [2.45, 2.75) is 19.8 Å². The van der Waals surface area contributed by atoms with Crippen LogP contribution in [0.15, 0.2) is 16.6 Å². The number of carbonyl (C=O) groups excluding carboxylic acids is 1. The summed E-state index contributed by atoms with van der Waals surface area (Å²) in [6.45, 7) is 4.68. The molecule has 20 heavy (non-hydrogen) atoms. The Kier molecular flexibility index (Phi) is 5.37. The van der Waals surface area contributed by atoms with Crippen molar-refractivity contribution in [3.63, 3.8) is 0 Å². The fourth-order valence-corrected chi connectivity index (χ4v) is 2.67. The number of amides is 1. The van der Waals surface area contributed by atoms with E-state index in [1.54, 1.807) is 0 Å². The summed E-state index contributed by atoms with van der Waals surface area (Å²) in [5, 5.41) is 2.88.